The van der Waals surface area contributed by atoms with Crippen molar-refractivity contribution in [3.63, 3.8) is 0 Å². The Morgan fingerprint density at radius 1 is 1.00 bits per heavy atom. The molecule has 0 radical (unpaired) electrons. The third kappa shape index (κ3) is 5.73. The second-order valence-corrected chi connectivity index (χ2v) is 10.9. The minimum atomic E-state index is -1.91. The predicted octanol–water partition coefficient (Wildman–Crippen LogP) is 4.67. The number of benzene rings is 3. The fourth-order valence-electron chi connectivity index (χ4n) is 5.80. The Balaban J connectivity index is 1.42. The summed E-state index contributed by atoms with van der Waals surface area (Å²) in [6.45, 7) is 2.78. The second-order valence-electron chi connectivity index (χ2n) is 10.9. The molecular weight excluding hydrogens is 530 g/mol. The van der Waals surface area contributed by atoms with Gasteiger partial charge in [0, 0.05) is 55.3 Å². The van der Waals surface area contributed by atoms with Crippen LogP contribution in [0.25, 0.3) is 0 Å². The van der Waals surface area contributed by atoms with E-state index in [2.05, 4.69) is 0 Å². The molecular formula is C34H37N3O5. The van der Waals surface area contributed by atoms with Crippen LogP contribution >= 0.6 is 0 Å². The molecule has 2 atom stereocenters. The summed E-state index contributed by atoms with van der Waals surface area (Å²) in [5.74, 6) is -1.31. The van der Waals surface area contributed by atoms with Crippen LogP contribution in [0.5, 0.6) is 0 Å². The Kier molecular flexibility index (Phi) is 8.85. The highest BCUT2D eigenvalue weighted by Crippen LogP contribution is 2.49. The number of fused-ring (bicyclic) bond motifs is 1. The SMILES string of the molecule is C[C@H](/C=C/CC(=O)N(CCO)Cc1ccccc1)[C@@]1(O)C(=O)N(c2ccccc2)c2ccc(N3CCCCC3=O)cc21. The fraction of sp³-hybridized carbons (Fsp3) is 0.324. The number of aliphatic hydroxyl groups excluding tert-OH is 1. The zero-order valence-electron chi connectivity index (χ0n) is 23.9. The van der Waals surface area contributed by atoms with Gasteiger partial charge in [0.25, 0.3) is 5.91 Å². The number of piperidine rings is 1. The molecule has 2 heterocycles. The number of nitrogens with zero attached hydrogens (tertiary/aromatic N) is 3. The van der Waals surface area contributed by atoms with E-state index in [1.54, 1.807) is 41.0 Å². The number of carbonyl (C=O) groups excluding carboxylic acids is 3. The summed E-state index contributed by atoms with van der Waals surface area (Å²) < 4.78 is 0. The lowest BCUT2D eigenvalue weighted by molar-refractivity contribution is -0.138. The van der Waals surface area contributed by atoms with Crippen molar-refractivity contribution in [3.05, 3.63) is 102 Å². The molecule has 0 aromatic heterocycles. The van der Waals surface area contributed by atoms with Crippen LogP contribution in [0.4, 0.5) is 17.1 Å². The van der Waals surface area contributed by atoms with Crippen LogP contribution < -0.4 is 9.80 Å². The van der Waals surface area contributed by atoms with E-state index in [0.29, 0.717) is 42.1 Å². The number of hydrogen-bond acceptors (Lipinski definition) is 5. The summed E-state index contributed by atoms with van der Waals surface area (Å²) in [4.78, 5) is 44.6. The molecule has 0 unspecified atom stereocenters. The molecule has 2 aliphatic heterocycles. The van der Waals surface area contributed by atoms with Crippen molar-refractivity contribution in [2.24, 2.45) is 5.92 Å². The Labute approximate surface area is 246 Å². The maximum Gasteiger partial charge on any atom is 0.268 e. The van der Waals surface area contributed by atoms with Gasteiger partial charge < -0.3 is 20.0 Å². The van der Waals surface area contributed by atoms with Crippen molar-refractivity contribution < 1.29 is 24.6 Å². The van der Waals surface area contributed by atoms with Gasteiger partial charge in [-0.2, -0.15) is 0 Å². The molecule has 8 heteroatoms. The first-order valence-corrected chi connectivity index (χ1v) is 14.5. The number of para-hydroxylation sites is 1. The highest BCUT2D eigenvalue weighted by Gasteiger charge is 2.53. The Bertz CT molecular complexity index is 1460. The smallest absolute Gasteiger partial charge is 0.268 e. The molecule has 1 fully saturated rings. The highest BCUT2D eigenvalue weighted by atomic mass is 16.3. The third-order valence-corrected chi connectivity index (χ3v) is 8.13. The summed E-state index contributed by atoms with van der Waals surface area (Å²) in [6, 6.07) is 24.1. The van der Waals surface area contributed by atoms with Gasteiger partial charge in [-0.3, -0.25) is 19.3 Å². The van der Waals surface area contributed by atoms with Gasteiger partial charge in [0.15, 0.2) is 5.60 Å². The van der Waals surface area contributed by atoms with Crippen LogP contribution in [0.3, 0.4) is 0 Å². The van der Waals surface area contributed by atoms with E-state index in [1.165, 1.54) is 4.90 Å². The minimum Gasteiger partial charge on any atom is -0.395 e. The van der Waals surface area contributed by atoms with E-state index in [0.717, 1.165) is 18.4 Å². The van der Waals surface area contributed by atoms with Crippen molar-refractivity contribution >= 4 is 34.8 Å². The molecule has 5 rings (SSSR count). The van der Waals surface area contributed by atoms with E-state index in [-0.39, 0.29) is 31.4 Å². The van der Waals surface area contributed by atoms with Crippen molar-refractivity contribution in [2.75, 3.05) is 29.5 Å². The summed E-state index contributed by atoms with van der Waals surface area (Å²) >= 11 is 0. The molecule has 218 valence electrons. The van der Waals surface area contributed by atoms with Crippen LogP contribution in [0.2, 0.25) is 0 Å². The monoisotopic (exact) mass is 567 g/mol. The van der Waals surface area contributed by atoms with Gasteiger partial charge in [-0.05, 0) is 48.7 Å². The van der Waals surface area contributed by atoms with Gasteiger partial charge in [-0.1, -0.05) is 67.6 Å². The Morgan fingerprint density at radius 3 is 2.40 bits per heavy atom. The topological polar surface area (TPSA) is 101 Å². The zero-order valence-corrected chi connectivity index (χ0v) is 23.9. The van der Waals surface area contributed by atoms with Gasteiger partial charge >= 0.3 is 0 Å². The summed E-state index contributed by atoms with van der Waals surface area (Å²) in [7, 11) is 0. The fourth-order valence-corrected chi connectivity index (χ4v) is 5.80. The first-order valence-electron chi connectivity index (χ1n) is 14.5. The minimum absolute atomic E-state index is 0.0309. The number of carbonyl (C=O) groups is 3. The van der Waals surface area contributed by atoms with Crippen molar-refractivity contribution in [2.45, 2.75) is 44.8 Å². The molecule has 0 spiro atoms. The lowest BCUT2D eigenvalue weighted by Gasteiger charge is -2.30. The summed E-state index contributed by atoms with van der Waals surface area (Å²) in [6.07, 6.45) is 5.65. The highest BCUT2D eigenvalue weighted by molar-refractivity contribution is 6.12. The zero-order chi connectivity index (χ0) is 29.7. The first-order chi connectivity index (χ1) is 20.3. The quantitative estimate of drug-likeness (QED) is 0.347. The van der Waals surface area contributed by atoms with Crippen molar-refractivity contribution in [1.29, 1.82) is 0 Å². The van der Waals surface area contributed by atoms with Crippen molar-refractivity contribution in [1.82, 2.24) is 4.90 Å². The number of hydrogen-bond donors (Lipinski definition) is 2. The molecule has 8 nitrogen and oxygen atoms in total. The van der Waals surface area contributed by atoms with E-state index < -0.39 is 17.4 Å². The Hall–Kier alpha value is -4.27. The van der Waals surface area contributed by atoms with E-state index >= 15 is 0 Å². The predicted molar refractivity (Wildman–Crippen MR) is 162 cm³/mol. The molecule has 1 saturated heterocycles. The summed E-state index contributed by atoms with van der Waals surface area (Å²) in [5, 5.41) is 21.7. The van der Waals surface area contributed by atoms with E-state index in [1.807, 2.05) is 66.7 Å². The second kappa shape index (κ2) is 12.7. The first kappa shape index (κ1) is 29.2. The normalized spacial score (nSPS) is 19.3. The Morgan fingerprint density at radius 2 is 1.71 bits per heavy atom. The molecule has 3 aromatic carbocycles. The van der Waals surface area contributed by atoms with Crippen molar-refractivity contribution in [3.8, 4) is 0 Å². The average Bonchev–Trinajstić information content (AvgIpc) is 3.24. The van der Waals surface area contributed by atoms with Crippen LogP contribution in [0, 0.1) is 5.92 Å². The van der Waals surface area contributed by atoms with Gasteiger partial charge in [0.1, 0.15) is 0 Å². The standard InChI is InChI=1S/C34H37N3O5/c1-25(11-10-17-31(39)35(21-22-38)24-26-12-4-2-5-13-26)34(42)29-23-28(36-20-9-8-16-32(36)40)18-19-30(29)37(33(34)41)27-14-6-3-7-15-27/h2-7,10-15,18-19,23,25,38,42H,8-9,16-17,20-22,24H2,1H3/b11-10+/t25-,34+/m1/s1. The maximum atomic E-state index is 14.0. The molecule has 42 heavy (non-hydrogen) atoms. The number of amides is 3. The lowest BCUT2D eigenvalue weighted by atomic mass is 9.82. The van der Waals surface area contributed by atoms with Crippen LogP contribution in [0.1, 0.15) is 43.7 Å². The number of rotatable bonds is 10. The van der Waals surface area contributed by atoms with Crippen LogP contribution in [-0.2, 0) is 26.5 Å². The molecule has 0 bridgehead atoms. The number of aliphatic hydroxyl groups is 2. The molecule has 3 aromatic rings. The number of anilines is 3. The van der Waals surface area contributed by atoms with Gasteiger partial charge in [0.2, 0.25) is 11.8 Å². The van der Waals surface area contributed by atoms with Crippen LogP contribution in [0.15, 0.2) is 91.0 Å². The molecule has 3 amide bonds. The third-order valence-electron chi connectivity index (χ3n) is 8.13. The van der Waals surface area contributed by atoms with E-state index in [4.69, 9.17) is 0 Å². The largest absolute Gasteiger partial charge is 0.395 e. The lowest BCUT2D eigenvalue weighted by Crippen LogP contribution is -2.43. The van der Waals surface area contributed by atoms with Gasteiger partial charge in [-0.25, -0.2) is 0 Å². The van der Waals surface area contributed by atoms with Crippen LogP contribution in [-0.4, -0.2) is 52.5 Å². The van der Waals surface area contributed by atoms with E-state index in [9.17, 15) is 24.6 Å². The van der Waals surface area contributed by atoms with Gasteiger partial charge in [0.05, 0.1) is 12.3 Å². The van der Waals surface area contributed by atoms with Gasteiger partial charge in [-0.15, -0.1) is 0 Å². The molecule has 2 aliphatic rings. The molecule has 0 aliphatic carbocycles. The molecule has 0 saturated carbocycles. The maximum absolute atomic E-state index is 14.0. The average molecular weight is 568 g/mol. The summed E-state index contributed by atoms with van der Waals surface area (Å²) in [5.41, 5.74) is 1.34. The molecule has 2 N–H and O–H groups in total.